The van der Waals surface area contributed by atoms with E-state index in [1.165, 1.54) is 12.1 Å². The summed E-state index contributed by atoms with van der Waals surface area (Å²) >= 11 is 0. The Morgan fingerprint density at radius 2 is 2.00 bits per heavy atom. The Labute approximate surface area is 91.2 Å². The molecule has 2 rings (SSSR count). The molecule has 1 aromatic carbocycles. The lowest BCUT2D eigenvalue weighted by molar-refractivity contribution is -0.137. The molecular formula is C11H12F3NO. The van der Waals surface area contributed by atoms with Gasteiger partial charge >= 0.3 is 6.18 Å². The van der Waals surface area contributed by atoms with E-state index >= 15 is 0 Å². The highest BCUT2D eigenvalue weighted by Crippen LogP contribution is 2.36. The van der Waals surface area contributed by atoms with Crippen molar-refractivity contribution < 1.29 is 17.9 Å². The molecule has 0 saturated heterocycles. The molecular weight excluding hydrogens is 219 g/mol. The highest BCUT2D eigenvalue weighted by Gasteiger charge is 2.33. The minimum Gasteiger partial charge on any atom is -0.493 e. The fourth-order valence-corrected chi connectivity index (χ4v) is 1.37. The summed E-state index contributed by atoms with van der Waals surface area (Å²) in [4.78, 5) is 0. The summed E-state index contributed by atoms with van der Waals surface area (Å²) in [5.41, 5.74) is 4.16. The van der Waals surface area contributed by atoms with Gasteiger partial charge in [0.1, 0.15) is 5.75 Å². The Balaban J connectivity index is 2.13. The zero-order valence-corrected chi connectivity index (χ0v) is 8.55. The maximum absolute atomic E-state index is 12.5. The van der Waals surface area contributed by atoms with Gasteiger partial charge in [0.2, 0.25) is 0 Å². The largest absolute Gasteiger partial charge is 0.493 e. The molecule has 88 valence electrons. The molecule has 1 saturated carbocycles. The van der Waals surface area contributed by atoms with Crippen molar-refractivity contribution in [1.82, 2.24) is 0 Å². The van der Waals surface area contributed by atoms with Crippen LogP contribution in [0.3, 0.4) is 0 Å². The van der Waals surface area contributed by atoms with Crippen LogP contribution in [0.5, 0.6) is 5.75 Å². The first kappa shape index (κ1) is 11.1. The molecule has 1 aromatic rings. The van der Waals surface area contributed by atoms with Gasteiger partial charge in [-0.2, -0.15) is 13.2 Å². The number of rotatable bonds is 3. The summed E-state index contributed by atoms with van der Waals surface area (Å²) in [5.74, 6) is 0.736. The summed E-state index contributed by atoms with van der Waals surface area (Å²) in [6, 6.07) is 3.65. The van der Waals surface area contributed by atoms with Crippen molar-refractivity contribution in [1.29, 1.82) is 0 Å². The van der Waals surface area contributed by atoms with Crippen LogP contribution in [0.15, 0.2) is 18.2 Å². The van der Waals surface area contributed by atoms with Gasteiger partial charge in [-0.25, -0.2) is 0 Å². The van der Waals surface area contributed by atoms with Crippen LogP contribution in [0.4, 0.5) is 18.9 Å². The number of anilines is 1. The molecule has 0 atom stereocenters. The molecule has 1 fully saturated rings. The number of hydrogen-bond acceptors (Lipinski definition) is 2. The number of hydrogen-bond donors (Lipinski definition) is 1. The summed E-state index contributed by atoms with van der Waals surface area (Å²) in [6.07, 6.45) is -2.23. The fourth-order valence-electron chi connectivity index (χ4n) is 1.37. The van der Waals surface area contributed by atoms with Crippen LogP contribution in [0.25, 0.3) is 0 Å². The van der Waals surface area contributed by atoms with E-state index in [1.54, 1.807) is 0 Å². The van der Waals surface area contributed by atoms with Crippen LogP contribution in [-0.2, 0) is 6.18 Å². The van der Waals surface area contributed by atoms with Gasteiger partial charge < -0.3 is 10.5 Å². The Hall–Kier alpha value is -1.39. The van der Waals surface area contributed by atoms with E-state index in [1.807, 2.05) is 0 Å². The maximum Gasteiger partial charge on any atom is 0.418 e. The predicted octanol–water partition coefficient (Wildman–Crippen LogP) is 3.08. The Morgan fingerprint density at radius 1 is 1.31 bits per heavy atom. The topological polar surface area (TPSA) is 35.2 Å². The van der Waals surface area contributed by atoms with Crippen molar-refractivity contribution in [2.24, 2.45) is 5.92 Å². The Bertz CT molecular complexity index is 385. The van der Waals surface area contributed by atoms with Crippen LogP contribution >= 0.6 is 0 Å². The third kappa shape index (κ3) is 2.59. The van der Waals surface area contributed by atoms with E-state index < -0.39 is 11.7 Å². The quantitative estimate of drug-likeness (QED) is 0.811. The second kappa shape index (κ2) is 3.88. The van der Waals surface area contributed by atoms with Crippen molar-refractivity contribution in [3.63, 3.8) is 0 Å². The molecule has 1 aliphatic rings. The van der Waals surface area contributed by atoms with Gasteiger partial charge in [-0.05, 0) is 37.0 Å². The molecule has 0 bridgehead atoms. The fraction of sp³-hybridized carbons (Fsp3) is 0.455. The van der Waals surface area contributed by atoms with Gasteiger partial charge in [-0.3, -0.25) is 0 Å². The van der Waals surface area contributed by atoms with Crippen molar-refractivity contribution in [3.8, 4) is 5.75 Å². The molecule has 0 spiro atoms. The molecule has 2 nitrogen and oxygen atoms in total. The lowest BCUT2D eigenvalue weighted by Crippen LogP contribution is -2.09. The van der Waals surface area contributed by atoms with E-state index in [0.717, 1.165) is 18.9 Å². The van der Waals surface area contributed by atoms with E-state index in [-0.39, 0.29) is 11.4 Å². The Kier molecular flexibility index (Phi) is 2.69. The van der Waals surface area contributed by atoms with Crippen molar-refractivity contribution in [2.45, 2.75) is 19.0 Å². The third-order valence-electron chi connectivity index (χ3n) is 2.51. The maximum atomic E-state index is 12.5. The predicted molar refractivity (Wildman–Crippen MR) is 54.1 cm³/mol. The zero-order valence-electron chi connectivity index (χ0n) is 8.55. The molecule has 0 radical (unpaired) electrons. The minimum absolute atomic E-state index is 0.230. The highest BCUT2D eigenvalue weighted by atomic mass is 19.4. The minimum atomic E-state index is -4.43. The van der Waals surface area contributed by atoms with Gasteiger partial charge in [0.25, 0.3) is 0 Å². The summed E-state index contributed by atoms with van der Waals surface area (Å²) in [7, 11) is 0. The third-order valence-corrected chi connectivity index (χ3v) is 2.51. The van der Waals surface area contributed by atoms with E-state index in [0.29, 0.717) is 12.5 Å². The number of nitrogen functional groups attached to an aromatic ring is 1. The monoisotopic (exact) mass is 231 g/mol. The zero-order chi connectivity index (χ0) is 11.8. The lowest BCUT2D eigenvalue weighted by atomic mass is 10.1. The molecule has 0 amide bonds. The van der Waals surface area contributed by atoms with E-state index in [4.69, 9.17) is 10.5 Å². The lowest BCUT2D eigenvalue weighted by Gasteiger charge is -2.12. The van der Waals surface area contributed by atoms with Crippen molar-refractivity contribution in [2.75, 3.05) is 12.3 Å². The smallest absolute Gasteiger partial charge is 0.418 e. The average Bonchev–Trinajstić information content (AvgIpc) is 2.98. The van der Waals surface area contributed by atoms with Gasteiger partial charge in [0.05, 0.1) is 12.2 Å². The molecule has 0 unspecified atom stereocenters. The van der Waals surface area contributed by atoms with Crippen molar-refractivity contribution in [3.05, 3.63) is 23.8 Å². The molecule has 5 heteroatoms. The number of halogens is 3. The van der Waals surface area contributed by atoms with E-state index in [2.05, 4.69) is 0 Å². The molecule has 1 aliphatic carbocycles. The van der Waals surface area contributed by atoms with Crippen LogP contribution in [0.2, 0.25) is 0 Å². The number of nitrogens with two attached hydrogens (primary N) is 1. The summed E-state index contributed by atoms with van der Waals surface area (Å²) in [6.45, 7) is 0.487. The molecule has 0 aliphatic heterocycles. The molecule has 0 aromatic heterocycles. The van der Waals surface area contributed by atoms with Crippen molar-refractivity contribution >= 4 is 5.69 Å². The van der Waals surface area contributed by atoms with Gasteiger partial charge in [0.15, 0.2) is 0 Å². The second-order valence-electron chi connectivity index (χ2n) is 4.00. The van der Waals surface area contributed by atoms with E-state index in [9.17, 15) is 13.2 Å². The Morgan fingerprint density at radius 3 is 2.56 bits per heavy atom. The van der Waals surface area contributed by atoms with Gasteiger partial charge in [-0.1, -0.05) is 0 Å². The normalized spacial score (nSPS) is 16.2. The average molecular weight is 231 g/mol. The first-order valence-corrected chi connectivity index (χ1v) is 5.06. The van der Waals surface area contributed by atoms with Gasteiger partial charge in [0, 0.05) is 5.69 Å². The summed E-state index contributed by atoms with van der Waals surface area (Å²) < 4.78 is 42.8. The van der Waals surface area contributed by atoms with Crippen LogP contribution in [0, 0.1) is 5.92 Å². The van der Waals surface area contributed by atoms with Gasteiger partial charge in [-0.15, -0.1) is 0 Å². The van der Waals surface area contributed by atoms with Crippen LogP contribution in [0.1, 0.15) is 18.4 Å². The second-order valence-corrected chi connectivity index (χ2v) is 4.00. The SMILES string of the molecule is Nc1ccc(OCC2CC2)cc1C(F)(F)F. The first-order valence-electron chi connectivity index (χ1n) is 5.06. The van der Waals surface area contributed by atoms with Crippen LogP contribution < -0.4 is 10.5 Å². The molecule has 16 heavy (non-hydrogen) atoms. The number of alkyl halides is 3. The number of benzene rings is 1. The number of ether oxygens (including phenoxy) is 1. The molecule has 2 N–H and O–H groups in total. The summed E-state index contributed by atoms with van der Waals surface area (Å²) in [5, 5.41) is 0. The van der Waals surface area contributed by atoms with Crippen LogP contribution in [-0.4, -0.2) is 6.61 Å². The first-order chi connectivity index (χ1) is 7.47. The molecule has 0 heterocycles. The standard InChI is InChI=1S/C11H12F3NO/c12-11(13,14)9-5-8(3-4-10(9)15)16-6-7-1-2-7/h3-5,7H,1-2,6,15H2. The highest BCUT2D eigenvalue weighted by molar-refractivity contribution is 5.51.